The third-order valence-corrected chi connectivity index (χ3v) is 6.86. The van der Waals surface area contributed by atoms with E-state index in [2.05, 4.69) is 12.1 Å². The largest absolute Gasteiger partial charge is 0.459 e. The number of methoxy groups -OCH3 is 2. The predicted molar refractivity (Wildman–Crippen MR) is 112 cm³/mol. The van der Waals surface area contributed by atoms with Crippen LogP contribution < -0.4 is 0 Å². The average Bonchev–Trinajstić information content (AvgIpc) is 3.23. The lowest BCUT2D eigenvalue weighted by atomic mass is 10.0. The van der Waals surface area contributed by atoms with Gasteiger partial charge in [-0.05, 0) is 18.9 Å². The van der Waals surface area contributed by atoms with Crippen LogP contribution in [0.15, 0.2) is 30.3 Å². The molecule has 0 aliphatic carbocycles. The van der Waals surface area contributed by atoms with E-state index in [0.717, 1.165) is 12.8 Å². The van der Waals surface area contributed by atoms with Gasteiger partial charge in [-0.2, -0.15) is 9.05 Å². The minimum absolute atomic E-state index is 0.0185. The Bertz CT molecular complexity index is 620. The number of ether oxygens (including phenoxy) is 4. The molecule has 3 unspecified atom stereocenters. The molecule has 1 aromatic carbocycles. The zero-order valence-electron chi connectivity index (χ0n) is 17.1. The molecule has 2 aliphatic rings. The average molecular weight is 447 g/mol. The topological polar surface area (TPSA) is 75.6 Å². The Morgan fingerprint density at radius 3 is 2.48 bits per heavy atom. The second-order valence-corrected chi connectivity index (χ2v) is 10.4. The first-order valence-electron chi connectivity index (χ1n) is 9.92. The Morgan fingerprint density at radius 1 is 1.07 bits per heavy atom. The van der Waals surface area contributed by atoms with Gasteiger partial charge in [0.15, 0.2) is 0 Å². The Kier molecular flexibility index (Phi) is 8.74. The van der Waals surface area contributed by atoms with E-state index in [0.29, 0.717) is 13.0 Å². The van der Waals surface area contributed by atoms with Crippen molar-refractivity contribution in [2.45, 2.75) is 62.8 Å². The molecule has 0 aromatic heterocycles. The summed E-state index contributed by atoms with van der Waals surface area (Å²) in [5.41, 5.74) is 1.21. The Morgan fingerprint density at radius 2 is 1.79 bits per heavy atom. The van der Waals surface area contributed by atoms with Crippen LogP contribution >= 0.6 is 7.15 Å². The van der Waals surface area contributed by atoms with E-state index in [4.69, 9.17) is 40.2 Å². The van der Waals surface area contributed by atoms with Crippen LogP contribution in [0, 0.1) is 0 Å². The third-order valence-electron chi connectivity index (χ3n) is 5.27. The maximum atomic E-state index is 10.6. The smallest absolute Gasteiger partial charge is 0.287 e. The van der Waals surface area contributed by atoms with E-state index in [1.165, 1.54) is 5.56 Å². The summed E-state index contributed by atoms with van der Waals surface area (Å²) < 4.78 is 34.0. The van der Waals surface area contributed by atoms with Gasteiger partial charge in [0.1, 0.15) is 24.9 Å². The standard InChI is InChI=1S/C20H31O7PS/c1-14-9-18(19(25-14)12-22-2)27-28(21,29)24-13-20-17(23-3)11-16(26-20)10-15-7-5-4-6-8-15/h4-8,14,16-20H,9-13H2,1-3H3,(H,21,29)/t14-,16-,17?,18?,19+,20+,28?/m0/s1. The van der Waals surface area contributed by atoms with Crippen molar-refractivity contribution in [3.63, 3.8) is 0 Å². The molecule has 0 saturated carbocycles. The molecule has 0 bridgehead atoms. The lowest BCUT2D eigenvalue weighted by Gasteiger charge is -2.28. The monoisotopic (exact) mass is 446 g/mol. The first-order valence-corrected chi connectivity index (χ1v) is 12.5. The quantitative estimate of drug-likeness (QED) is 0.434. The molecule has 9 heteroatoms. The molecule has 164 valence electrons. The highest BCUT2D eigenvalue weighted by Crippen LogP contribution is 2.57. The van der Waals surface area contributed by atoms with E-state index >= 15 is 0 Å². The summed E-state index contributed by atoms with van der Waals surface area (Å²) in [4.78, 5) is 10.6. The molecule has 29 heavy (non-hydrogen) atoms. The van der Waals surface area contributed by atoms with Gasteiger partial charge >= 0.3 is 0 Å². The lowest BCUT2D eigenvalue weighted by Crippen LogP contribution is -2.31. The number of benzene rings is 1. The fourth-order valence-electron chi connectivity index (χ4n) is 3.92. The molecule has 1 N–H and O–H groups in total. The van der Waals surface area contributed by atoms with E-state index in [9.17, 15) is 4.89 Å². The second-order valence-electron chi connectivity index (χ2n) is 7.58. The van der Waals surface area contributed by atoms with Crippen molar-refractivity contribution in [3.05, 3.63) is 35.9 Å². The molecular formula is C20H31O7PS. The summed E-state index contributed by atoms with van der Waals surface area (Å²) in [7, 11) is -0.186. The van der Waals surface area contributed by atoms with Gasteiger partial charge in [0.05, 0.1) is 24.9 Å². The van der Waals surface area contributed by atoms with Crippen molar-refractivity contribution in [2.24, 2.45) is 0 Å². The SMILES string of the molecule is COC[C@H]1O[C@@H](C)CC1O[P+](O)([S-])OC[C@H]1O[C@@H](Cc2ccccc2)CC1OC. The van der Waals surface area contributed by atoms with Crippen molar-refractivity contribution in [1.82, 2.24) is 0 Å². The van der Waals surface area contributed by atoms with Crippen LogP contribution in [0.5, 0.6) is 0 Å². The van der Waals surface area contributed by atoms with Crippen LogP contribution in [0.1, 0.15) is 25.3 Å². The maximum absolute atomic E-state index is 10.6. The number of rotatable bonds is 10. The summed E-state index contributed by atoms with van der Waals surface area (Å²) in [6.45, 7) is 2.45. The molecule has 3 rings (SSSR count). The summed E-state index contributed by atoms with van der Waals surface area (Å²) in [5.74, 6) is 0. The zero-order valence-corrected chi connectivity index (χ0v) is 18.8. The van der Waals surface area contributed by atoms with Gasteiger partial charge in [0.2, 0.25) is 0 Å². The first kappa shape index (κ1) is 23.4. The minimum atomic E-state index is -3.44. The molecule has 7 atom stereocenters. The fraction of sp³-hybridized carbons (Fsp3) is 0.700. The van der Waals surface area contributed by atoms with Crippen molar-refractivity contribution in [3.8, 4) is 0 Å². The fourth-order valence-corrected chi connectivity index (χ4v) is 5.39. The van der Waals surface area contributed by atoms with Crippen LogP contribution in [-0.4, -0.2) is 69.0 Å². The van der Waals surface area contributed by atoms with Crippen LogP contribution in [-0.2, 0) is 46.7 Å². The Hall–Kier alpha value is -0.280. The minimum Gasteiger partial charge on any atom is -0.459 e. The molecule has 0 amide bonds. The third kappa shape index (κ3) is 6.86. The zero-order chi connectivity index (χ0) is 20.9. The molecule has 7 nitrogen and oxygen atoms in total. The van der Waals surface area contributed by atoms with Crippen LogP contribution in [0.2, 0.25) is 0 Å². The van der Waals surface area contributed by atoms with Gasteiger partial charge in [0, 0.05) is 27.1 Å². The van der Waals surface area contributed by atoms with Gasteiger partial charge in [-0.3, -0.25) is 0 Å². The van der Waals surface area contributed by atoms with Gasteiger partial charge in [-0.15, -0.1) is 0 Å². The van der Waals surface area contributed by atoms with E-state index in [-0.39, 0.29) is 43.2 Å². The van der Waals surface area contributed by atoms with Crippen molar-refractivity contribution in [2.75, 3.05) is 27.4 Å². The van der Waals surface area contributed by atoms with Crippen molar-refractivity contribution in [1.29, 1.82) is 0 Å². The van der Waals surface area contributed by atoms with E-state index in [1.807, 2.05) is 25.1 Å². The molecule has 0 radical (unpaired) electrons. The normalized spacial score (nSPS) is 34.4. The van der Waals surface area contributed by atoms with Crippen LogP contribution in [0.25, 0.3) is 0 Å². The summed E-state index contributed by atoms with van der Waals surface area (Å²) in [6, 6.07) is 10.2. The van der Waals surface area contributed by atoms with Crippen molar-refractivity contribution >= 4 is 19.4 Å². The predicted octanol–water partition coefficient (Wildman–Crippen LogP) is 2.84. The summed E-state index contributed by atoms with van der Waals surface area (Å²) in [6.07, 6.45) is 1.21. The second kappa shape index (κ2) is 10.8. The van der Waals surface area contributed by atoms with Gasteiger partial charge in [-0.1, -0.05) is 30.3 Å². The highest BCUT2D eigenvalue weighted by atomic mass is 32.7. The van der Waals surface area contributed by atoms with Crippen LogP contribution in [0.4, 0.5) is 0 Å². The Balaban J connectivity index is 1.50. The molecule has 1 aromatic rings. The van der Waals surface area contributed by atoms with Gasteiger partial charge < -0.3 is 31.2 Å². The number of hydrogen-bond donors (Lipinski definition) is 1. The lowest BCUT2D eigenvalue weighted by molar-refractivity contribution is -0.0415. The molecule has 2 fully saturated rings. The van der Waals surface area contributed by atoms with Crippen molar-refractivity contribution < 1.29 is 32.9 Å². The molecule has 2 heterocycles. The molecule has 2 saturated heterocycles. The molecular weight excluding hydrogens is 415 g/mol. The maximum Gasteiger partial charge on any atom is 0.287 e. The highest BCUT2D eigenvalue weighted by molar-refractivity contribution is 8.35. The Labute approximate surface area is 178 Å². The van der Waals surface area contributed by atoms with Crippen LogP contribution in [0.3, 0.4) is 0 Å². The van der Waals surface area contributed by atoms with Gasteiger partial charge in [-0.25, -0.2) is 4.89 Å². The molecule has 2 aliphatic heterocycles. The summed E-state index contributed by atoms with van der Waals surface area (Å²) in [5, 5.41) is 0. The summed E-state index contributed by atoms with van der Waals surface area (Å²) >= 11 is 5.23. The van der Waals surface area contributed by atoms with E-state index in [1.54, 1.807) is 14.2 Å². The highest BCUT2D eigenvalue weighted by Gasteiger charge is 2.43. The first-order chi connectivity index (χ1) is 13.9. The molecule has 0 spiro atoms. The number of hydrogen-bond acceptors (Lipinski definition) is 8. The van der Waals surface area contributed by atoms with E-state index < -0.39 is 7.15 Å². The van der Waals surface area contributed by atoms with Gasteiger partial charge in [0.25, 0.3) is 7.15 Å².